The van der Waals surface area contributed by atoms with Crippen molar-refractivity contribution in [3.05, 3.63) is 64.5 Å². The molecule has 7 heteroatoms. The Morgan fingerprint density at radius 3 is 2.38 bits per heavy atom. The third-order valence-corrected chi connectivity index (χ3v) is 7.86. The van der Waals surface area contributed by atoms with Gasteiger partial charge in [0.15, 0.2) is 17.3 Å². The van der Waals surface area contributed by atoms with Gasteiger partial charge in [-0.15, -0.1) is 0 Å². The molecule has 0 aromatic heterocycles. The average molecular weight is 468 g/mol. The van der Waals surface area contributed by atoms with Crippen molar-refractivity contribution in [2.45, 2.75) is 50.4 Å². The highest BCUT2D eigenvalue weighted by atomic mass is 19.1. The van der Waals surface area contributed by atoms with Gasteiger partial charge in [-0.2, -0.15) is 0 Å². The van der Waals surface area contributed by atoms with Gasteiger partial charge in [-0.3, -0.25) is 9.59 Å². The predicted molar refractivity (Wildman–Crippen MR) is 123 cm³/mol. The van der Waals surface area contributed by atoms with Gasteiger partial charge in [0.25, 0.3) is 5.91 Å². The van der Waals surface area contributed by atoms with Crippen LogP contribution < -0.4 is 10.1 Å². The molecular formula is C27H30FNO5. The van der Waals surface area contributed by atoms with E-state index in [4.69, 9.17) is 9.47 Å². The summed E-state index contributed by atoms with van der Waals surface area (Å²) in [5.41, 5.74) is 1.22. The highest BCUT2D eigenvalue weighted by Crippen LogP contribution is 2.55. The number of methoxy groups -OCH3 is 2. The highest BCUT2D eigenvalue weighted by Gasteiger charge is 2.55. The topological polar surface area (TPSA) is 84.9 Å². The summed E-state index contributed by atoms with van der Waals surface area (Å²) in [5, 5.41) is 14.1. The summed E-state index contributed by atoms with van der Waals surface area (Å²) in [5.74, 6) is 0.161. The number of hydrogen-bond donors (Lipinski definition) is 2. The Labute approximate surface area is 198 Å². The molecule has 4 aliphatic rings. The van der Waals surface area contributed by atoms with Crippen molar-refractivity contribution in [2.75, 3.05) is 14.2 Å². The molecule has 2 aromatic rings. The van der Waals surface area contributed by atoms with E-state index in [9.17, 15) is 19.1 Å². The molecule has 0 aliphatic heterocycles. The second-order valence-corrected chi connectivity index (χ2v) is 10.2. The van der Waals surface area contributed by atoms with E-state index >= 15 is 0 Å². The molecular weight excluding hydrogens is 437 g/mol. The van der Waals surface area contributed by atoms with Gasteiger partial charge >= 0.3 is 0 Å². The van der Waals surface area contributed by atoms with E-state index in [1.165, 1.54) is 25.3 Å². The maximum absolute atomic E-state index is 13.8. The minimum atomic E-state index is -0.552. The van der Waals surface area contributed by atoms with Crippen molar-refractivity contribution >= 4 is 11.7 Å². The van der Waals surface area contributed by atoms with Gasteiger partial charge < -0.3 is 19.9 Å². The van der Waals surface area contributed by atoms with Crippen molar-refractivity contribution in [3.8, 4) is 5.75 Å². The van der Waals surface area contributed by atoms with Crippen LogP contribution in [0.15, 0.2) is 36.4 Å². The quantitative estimate of drug-likeness (QED) is 0.604. The Morgan fingerprint density at radius 2 is 1.74 bits per heavy atom. The van der Waals surface area contributed by atoms with Crippen LogP contribution >= 0.6 is 0 Å². The number of ether oxygens (including phenoxy) is 2. The first-order valence-electron chi connectivity index (χ1n) is 11.8. The standard InChI is InChI=1S/C27H30FNO5/c1-33-14-20-9-16(25(30)17-4-6-22(28)23(10-17)34-2)3-5-21(20)26(31)29-24-18-7-15-8-19(24)13-27(32,11-15)12-18/h3-6,9-10,15,18-19,24,32H,7-8,11-14H2,1-2H3,(H,29,31). The van der Waals surface area contributed by atoms with E-state index in [1.807, 2.05) is 0 Å². The van der Waals surface area contributed by atoms with Crippen LogP contribution in [0.25, 0.3) is 0 Å². The van der Waals surface area contributed by atoms with Crippen LogP contribution in [0.3, 0.4) is 0 Å². The summed E-state index contributed by atoms with van der Waals surface area (Å²) >= 11 is 0. The minimum Gasteiger partial charge on any atom is -0.494 e. The van der Waals surface area contributed by atoms with E-state index < -0.39 is 11.4 Å². The molecule has 0 saturated heterocycles. The van der Waals surface area contributed by atoms with Crippen LogP contribution in [0, 0.1) is 23.6 Å². The van der Waals surface area contributed by atoms with Gasteiger partial charge in [-0.05, 0) is 85.8 Å². The number of ketones is 1. The van der Waals surface area contributed by atoms with Crippen molar-refractivity contribution in [1.82, 2.24) is 5.32 Å². The van der Waals surface area contributed by atoms with E-state index in [0.29, 0.717) is 40.0 Å². The Hall–Kier alpha value is -2.77. The van der Waals surface area contributed by atoms with Crippen LogP contribution in [0.1, 0.15) is 63.9 Å². The SMILES string of the molecule is COCc1cc(C(=O)c2ccc(F)c(OC)c2)ccc1C(=O)NC1C2CC3CC1CC(O)(C3)C2. The van der Waals surface area contributed by atoms with Crippen LogP contribution in [0.4, 0.5) is 4.39 Å². The van der Waals surface area contributed by atoms with Gasteiger partial charge in [-0.1, -0.05) is 6.07 Å². The fourth-order valence-electron chi connectivity index (χ4n) is 6.65. The second-order valence-electron chi connectivity index (χ2n) is 10.2. The molecule has 4 saturated carbocycles. The monoisotopic (exact) mass is 467 g/mol. The molecule has 4 bridgehead atoms. The lowest BCUT2D eigenvalue weighted by molar-refractivity contribution is -0.136. The molecule has 2 N–H and O–H groups in total. The summed E-state index contributed by atoms with van der Waals surface area (Å²) in [6.07, 6.45) is 4.52. The molecule has 4 fully saturated rings. The zero-order valence-corrected chi connectivity index (χ0v) is 19.5. The molecule has 4 aliphatic carbocycles. The third kappa shape index (κ3) is 4.12. The van der Waals surface area contributed by atoms with Gasteiger partial charge in [-0.25, -0.2) is 4.39 Å². The number of rotatable bonds is 7. The molecule has 2 unspecified atom stereocenters. The first-order valence-corrected chi connectivity index (χ1v) is 11.8. The van der Waals surface area contributed by atoms with Crippen LogP contribution in [0.2, 0.25) is 0 Å². The molecule has 180 valence electrons. The van der Waals surface area contributed by atoms with E-state index in [1.54, 1.807) is 25.3 Å². The largest absolute Gasteiger partial charge is 0.494 e. The van der Waals surface area contributed by atoms with Gasteiger partial charge in [0.2, 0.25) is 0 Å². The summed E-state index contributed by atoms with van der Waals surface area (Å²) in [7, 11) is 2.89. The first-order chi connectivity index (χ1) is 16.3. The van der Waals surface area contributed by atoms with Crippen molar-refractivity contribution < 1.29 is 28.6 Å². The van der Waals surface area contributed by atoms with Crippen molar-refractivity contribution in [3.63, 3.8) is 0 Å². The number of halogens is 1. The molecule has 34 heavy (non-hydrogen) atoms. The first kappa shape index (κ1) is 23.0. The Morgan fingerprint density at radius 1 is 1.06 bits per heavy atom. The number of benzene rings is 2. The summed E-state index contributed by atoms with van der Waals surface area (Å²) in [4.78, 5) is 26.3. The van der Waals surface area contributed by atoms with Crippen molar-refractivity contribution in [2.24, 2.45) is 17.8 Å². The zero-order chi connectivity index (χ0) is 24.0. The molecule has 0 heterocycles. The zero-order valence-electron chi connectivity index (χ0n) is 19.5. The number of carbonyl (C=O) groups is 2. The lowest BCUT2D eigenvalue weighted by atomic mass is 9.52. The Kier molecular flexibility index (Phi) is 5.94. The summed E-state index contributed by atoms with van der Waals surface area (Å²) < 4.78 is 24.1. The van der Waals surface area contributed by atoms with E-state index in [0.717, 1.165) is 32.1 Å². The van der Waals surface area contributed by atoms with E-state index in [2.05, 4.69) is 5.32 Å². The Balaban J connectivity index is 1.37. The lowest BCUT2D eigenvalue weighted by Gasteiger charge is -2.58. The van der Waals surface area contributed by atoms with Crippen molar-refractivity contribution in [1.29, 1.82) is 0 Å². The number of hydrogen-bond acceptors (Lipinski definition) is 5. The smallest absolute Gasteiger partial charge is 0.251 e. The third-order valence-electron chi connectivity index (χ3n) is 7.86. The van der Waals surface area contributed by atoms with Gasteiger partial charge in [0.1, 0.15) is 0 Å². The fourth-order valence-corrected chi connectivity index (χ4v) is 6.65. The fraction of sp³-hybridized carbons (Fsp3) is 0.481. The minimum absolute atomic E-state index is 0.000658. The normalized spacial score (nSPS) is 29.2. The number of carbonyl (C=O) groups excluding carboxylic acids is 2. The number of nitrogens with one attached hydrogen (secondary N) is 1. The Bertz CT molecular complexity index is 1120. The van der Waals surface area contributed by atoms with Crippen LogP contribution in [0.5, 0.6) is 5.75 Å². The maximum Gasteiger partial charge on any atom is 0.251 e. The van der Waals surface area contributed by atoms with Gasteiger partial charge in [0, 0.05) is 29.8 Å². The molecule has 2 atom stereocenters. The summed E-state index contributed by atoms with van der Waals surface area (Å²) in [6, 6.07) is 8.98. The summed E-state index contributed by atoms with van der Waals surface area (Å²) in [6.45, 7) is 0.177. The van der Waals surface area contributed by atoms with Crippen LogP contribution in [-0.4, -0.2) is 42.7 Å². The van der Waals surface area contributed by atoms with Gasteiger partial charge in [0.05, 0.1) is 19.3 Å². The molecule has 6 rings (SSSR count). The predicted octanol–water partition coefficient (Wildman–Crippen LogP) is 3.88. The molecule has 0 spiro atoms. The average Bonchev–Trinajstić information content (AvgIpc) is 2.80. The highest BCUT2D eigenvalue weighted by molar-refractivity contribution is 6.10. The maximum atomic E-state index is 13.8. The second kappa shape index (κ2) is 8.78. The molecule has 6 nitrogen and oxygen atoms in total. The van der Waals surface area contributed by atoms with E-state index in [-0.39, 0.29) is 30.1 Å². The molecule has 0 radical (unpaired) electrons. The van der Waals surface area contributed by atoms with Crippen LogP contribution in [-0.2, 0) is 11.3 Å². The number of aliphatic hydroxyl groups is 1. The number of amides is 1. The lowest BCUT2D eigenvalue weighted by Crippen LogP contribution is -2.61. The molecule has 2 aromatic carbocycles. The molecule has 1 amide bonds.